The maximum absolute atomic E-state index is 9.24. The summed E-state index contributed by atoms with van der Waals surface area (Å²) in [6.07, 6.45) is 1.85. The van der Waals surface area contributed by atoms with Crippen molar-refractivity contribution in [3.05, 3.63) is 59.4 Å². The minimum absolute atomic E-state index is 0.317. The van der Waals surface area contributed by atoms with Gasteiger partial charge in [0.05, 0.1) is 11.0 Å². The lowest BCUT2D eigenvalue weighted by atomic mass is 10.1. The first-order chi connectivity index (χ1) is 10.7. The van der Waals surface area contributed by atoms with Crippen molar-refractivity contribution in [1.82, 2.24) is 15.3 Å². The number of imidazole rings is 1. The number of rotatable bonds is 6. The van der Waals surface area contributed by atoms with Gasteiger partial charge < -0.3 is 15.4 Å². The number of aromatic amines is 1. The average molecular weight is 295 g/mol. The molecule has 0 radical (unpaired) electrons. The zero-order valence-electron chi connectivity index (χ0n) is 12.8. The highest BCUT2D eigenvalue weighted by atomic mass is 16.3. The SMILES string of the molecule is Cc1ccc2nc(CCNCCc3ccc(O)cc3)[nH]c2c1. The Bertz CT molecular complexity index is 747. The highest BCUT2D eigenvalue weighted by Gasteiger charge is 2.02. The number of nitrogens with zero attached hydrogens (tertiary/aromatic N) is 1. The minimum Gasteiger partial charge on any atom is -0.508 e. The third kappa shape index (κ3) is 3.65. The smallest absolute Gasteiger partial charge is 0.115 e. The van der Waals surface area contributed by atoms with Crippen molar-refractivity contribution in [2.45, 2.75) is 19.8 Å². The molecule has 0 amide bonds. The number of hydrogen-bond acceptors (Lipinski definition) is 3. The van der Waals surface area contributed by atoms with Crippen LogP contribution < -0.4 is 5.32 Å². The molecule has 3 N–H and O–H groups in total. The van der Waals surface area contributed by atoms with Crippen molar-refractivity contribution in [2.24, 2.45) is 0 Å². The van der Waals surface area contributed by atoms with Crippen LogP contribution >= 0.6 is 0 Å². The Morgan fingerprint density at radius 3 is 2.64 bits per heavy atom. The number of aromatic hydroxyl groups is 1. The molecular formula is C18H21N3O. The van der Waals surface area contributed by atoms with Gasteiger partial charge in [-0.25, -0.2) is 4.98 Å². The number of H-pyrrole nitrogens is 1. The summed E-state index contributed by atoms with van der Waals surface area (Å²) in [4.78, 5) is 7.97. The molecule has 4 nitrogen and oxygen atoms in total. The van der Waals surface area contributed by atoms with E-state index in [9.17, 15) is 5.11 Å². The summed E-state index contributed by atoms with van der Waals surface area (Å²) in [5.41, 5.74) is 4.61. The molecule has 22 heavy (non-hydrogen) atoms. The fourth-order valence-corrected chi connectivity index (χ4v) is 2.52. The van der Waals surface area contributed by atoms with Gasteiger partial charge in [-0.1, -0.05) is 18.2 Å². The number of phenolic OH excluding ortho intramolecular Hbond substituents is 1. The molecule has 114 valence electrons. The lowest BCUT2D eigenvalue weighted by Gasteiger charge is -2.04. The van der Waals surface area contributed by atoms with Crippen LogP contribution in [0.5, 0.6) is 5.75 Å². The van der Waals surface area contributed by atoms with Gasteiger partial charge in [0.15, 0.2) is 0 Å². The third-order valence-corrected chi connectivity index (χ3v) is 3.75. The van der Waals surface area contributed by atoms with E-state index in [0.29, 0.717) is 5.75 Å². The van der Waals surface area contributed by atoms with Gasteiger partial charge in [-0.05, 0) is 55.3 Å². The number of benzene rings is 2. The summed E-state index contributed by atoms with van der Waals surface area (Å²) in [6, 6.07) is 13.6. The minimum atomic E-state index is 0.317. The number of phenols is 1. The Morgan fingerprint density at radius 1 is 1.05 bits per heavy atom. The number of aryl methyl sites for hydroxylation is 1. The maximum Gasteiger partial charge on any atom is 0.115 e. The molecule has 0 bridgehead atoms. The predicted octanol–water partition coefficient (Wildman–Crippen LogP) is 2.95. The van der Waals surface area contributed by atoms with E-state index >= 15 is 0 Å². The molecule has 1 heterocycles. The average Bonchev–Trinajstić information content (AvgIpc) is 2.90. The topological polar surface area (TPSA) is 60.9 Å². The number of aromatic nitrogens is 2. The first-order valence-corrected chi connectivity index (χ1v) is 7.64. The van der Waals surface area contributed by atoms with Crippen LogP contribution in [0.1, 0.15) is 17.0 Å². The van der Waals surface area contributed by atoms with Gasteiger partial charge in [0, 0.05) is 13.0 Å². The van der Waals surface area contributed by atoms with Crippen LogP contribution in [0.2, 0.25) is 0 Å². The Labute approximate surface area is 130 Å². The zero-order chi connectivity index (χ0) is 15.4. The van der Waals surface area contributed by atoms with Gasteiger partial charge in [-0.3, -0.25) is 0 Å². The van der Waals surface area contributed by atoms with Crippen LogP contribution in [0, 0.1) is 6.92 Å². The van der Waals surface area contributed by atoms with Gasteiger partial charge in [0.25, 0.3) is 0 Å². The summed E-state index contributed by atoms with van der Waals surface area (Å²) < 4.78 is 0. The summed E-state index contributed by atoms with van der Waals surface area (Å²) in [5, 5.41) is 12.7. The van der Waals surface area contributed by atoms with E-state index in [1.165, 1.54) is 11.1 Å². The molecule has 0 aliphatic rings. The van der Waals surface area contributed by atoms with E-state index in [2.05, 4.69) is 40.4 Å². The lowest BCUT2D eigenvalue weighted by molar-refractivity contribution is 0.475. The molecule has 0 fully saturated rings. The largest absolute Gasteiger partial charge is 0.508 e. The van der Waals surface area contributed by atoms with Crippen molar-refractivity contribution in [3.8, 4) is 5.75 Å². The number of fused-ring (bicyclic) bond motifs is 1. The van der Waals surface area contributed by atoms with Gasteiger partial charge in [0.1, 0.15) is 11.6 Å². The summed E-state index contributed by atoms with van der Waals surface area (Å²) in [6.45, 7) is 3.91. The van der Waals surface area contributed by atoms with E-state index in [0.717, 1.165) is 42.8 Å². The van der Waals surface area contributed by atoms with E-state index in [1.807, 2.05) is 12.1 Å². The van der Waals surface area contributed by atoms with Crippen molar-refractivity contribution in [3.63, 3.8) is 0 Å². The molecular weight excluding hydrogens is 274 g/mol. The number of hydrogen-bond donors (Lipinski definition) is 3. The van der Waals surface area contributed by atoms with Crippen LogP contribution in [-0.2, 0) is 12.8 Å². The standard InChI is InChI=1S/C18H21N3O/c1-13-2-7-16-17(12-13)21-18(20-16)9-11-19-10-8-14-3-5-15(22)6-4-14/h2-7,12,19,22H,8-11H2,1H3,(H,20,21). The van der Waals surface area contributed by atoms with Crippen LogP contribution in [0.25, 0.3) is 11.0 Å². The Kier molecular flexibility index (Phi) is 4.39. The van der Waals surface area contributed by atoms with E-state index < -0.39 is 0 Å². The van der Waals surface area contributed by atoms with E-state index in [-0.39, 0.29) is 0 Å². The van der Waals surface area contributed by atoms with Crippen LogP contribution in [0.4, 0.5) is 0 Å². The monoisotopic (exact) mass is 295 g/mol. The first-order valence-electron chi connectivity index (χ1n) is 7.64. The summed E-state index contributed by atoms with van der Waals surface area (Å²) >= 11 is 0. The van der Waals surface area contributed by atoms with Crippen LogP contribution in [0.3, 0.4) is 0 Å². The van der Waals surface area contributed by atoms with Crippen molar-refractivity contribution in [1.29, 1.82) is 0 Å². The molecule has 1 aromatic heterocycles. The molecule has 0 unspecified atom stereocenters. The summed E-state index contributed by atoms with van der Waals surface area (Å²) in [5.74, 6) is 1.34. The Morgan fingerprint density at radius 2 is 1.82 bits per heavy atom. The molecule has 0 aliphatic heterocycles. The molecule has 3 rings (SSSR count). The van der Waals surface area contributed by atoms with Crippen molar-refractivity contribution in [2.75, 3.05) is 13.1 Å². The second-order valence-corrected chi connectivity index (χ2v) is 5.62. The quantitative estimate of drug-likeness (QED) is 0.613. The molecule has 2 aromatic carbocycles. The molecule has 0 spiro atoms. The highest BCUT2D eigenvalue weighted by molar-refractivity contribution is 5.75. The number of nitrogens with one attached hydrogen (secondary N) is 2. The van der Waals surface area contributed by atoms with Gasteiger partial charge >= 0.3 is 0 Å². The Balaban J connectivity index is 1.45. The molecule has 0 saturated carbocycles. The fourth-order valence-electron chi connectivity index (χ4n) is 2.52. The first kappa shape index (κ1) is 14.6. The second kappa shape index (κ2) is 6.62. The zero-order valence-corrected chi connectivity index (χ0v) is 12.8. The van der Waals surface area contributed by atoms with Crippen LogP contribution in [-0.4, -0.2) is 28.2 Å². The summed E-state index contributed by atoms with van der Waals surface area (Å²) in [7, 11) is 0. The molecule has 0 saturated heterocycles. The molecule has 3 aromatic rings. The molecule has 0 atom stereocenters. The molecule has 4 heteroatoms. The highest BCUT2D eigenvalue weighted by Crippen LogP contribution is 2.13. The molecule has 0 aliphatic carbocycles. The van der Waals surface area contributed by atoms with Gasteiger partial charge in [-0.2, -0.15) is 0 Å². The lowest BCUT2D eigenvalue weighted by Crippen LogP contribution is -2.20. The van der Waals surface area contributed by atoms with E-state index in [1.54, 1.807) is 12.1 Å². The second-order valence-electron chi connectivity index (χ2n) is 5.62. The van der Waals surface area contributed by atoms with E-state index in [4.69, 9.17) is 0 Å². The van der Waals surface area contributed by atoms with Gasteiger partial charge in [-0.15, -0.1) is 0 Å². The van der Waals surface area contributed by atoms with Crippen molar-refractivity contribution < 1.29 is 5.11 Å². The van der Waals surface area contributed by atoms with Crippen molar-refractivity contribution >= 4 is 11.0 Å². The third-order valence-electron chi connectivity index (χ3n) is 3.75. The fraction of sp³-hybridized carbons (Fsp3) is 0.278. The van der Waals surface area contributed by atoms with Gasteiger partial charge in [0.2, 0.25) is 0 Å². The van der Waals surface area contributed by atoms with Crippen LogP contribution in [0.15, 0.2) is 42.5 Å². The maximum atomic E-state index is 9.24. The predicted molar refractivity (Wildman–Crippen MR) is 89.2 cm³/mol. The normalized spacial score (nSPS) is 11.1. The Hall–Kier alpha value is -2.33.